The topological polar surface area (TPSA) is 32.8 Å². The molecule has 134 valence electrons. The van der Waals surface area contributed by atoms with Crippen LogP contribution in [-0.2, 0) is 4.79 Å². The van der Waals surface area contributed by atoms with Gasteiger partial charge in [-0.2, -0.15) is 0 Å². The molecule has 1 saturated heterocycles. The minimum absolute atomic E-state index is 0.292. The molecule has 0 spiro atoms. The number of hydrogen-bond acceptors (Lipinski definition) is 3. The molecule has 0 N–H and O–H groups in total. The van der Waals surface area contributed by atoms with Crippen molar-refractivity contribution in [1.82, 2.24) is 5.01 Å². The van der Waals surface area contributed by atoms with Crippen LogP contribution in [-0.4, -0.2) is 29.6 Å². The molecular weight excluding hydrogens is 312 g/mol. The average Bonchev–Trinajstić information content (AvgIpc) is 2.59. The summed E-state index contributed by atoms with van der Waals surface area (Å²) in [7, 11) is 1.69. The minimum atomic E-state index is -0.455. The van der Waals surface area contributed by atoms with E-state index in [-0.39, 0.29) is 0 Å². The molecule has 4 saturated carbocycles. The summed E-state index contributed by atoms with van der Waals surface area (Å²) < 4.78 is 5.30. The summed E-state index contributed by atoms with van der Waals surface area (Å²) in [6.07, 6.45) is 6.77. The summed E-state index contributed by atoms with van der Waals surface area (Å²) >= 11 is 0. The van der Waals surface area contributed by atoms with Crippen molar-refractivity contribution in [3.63, 3.8) is 0 Å². The lowest BCUT2D eigenvalue weighted by molar-refractivity contribution is -0.170. The molecule has 0 aromatic heterocycles. The summed E-state index contributed by atoms with van der Waals surface area (Å²) in [6.45, 7) is 4.10. The molecule has 4 bridgehead atoms. The fraction of sp³-hybridized carbons (Fsp3) is 0.667. The zero-order chi connectivity index (χ0) is 17.3. The number of hydrazine groups is 1. The van der Waals surface area contributed by atoms with Gasteiger partial charge in [0.2, 0.25) is 0 Å². The number of carbonyl (C=O) groups is 1. The Morgan fingerprint density at radius 3 is 2.04 bits per heavy atom. The van der Waals surface area contributed by atoms with Crippen LogP contribution in [0.25, 0.3) is 0 Å². The van der Waals surface area contributed by atoms with Crippen LogP contribution in [0.3, 0.4) is 0 Å². The first kappa shape index (κ1) is 15.5. The van der Waals surface area contributed by atoms with Crippen LogP contribution in [0.4, 0.5) is 5.69 Å². The lowest BCUT2D eigenvalue weighted by Gasteiger charge is -2.65. The first-order chi connectivity index (χ1) is 12.0. The van der Waals surface area contributed by atoms with Crippen molar-refractivity contribution in [2.24, 2.45) is 23.7 Å². The van der Waals surface area contributed by atoms with Gasteiger partial charge in [-0.25, -0.2) is 5.01 Å². The van der Waals surface area contributed by atoms with E-state index in [9.17, 15) is 4.79 Å². The Kier molecular flexibility index (Phi) is 3.20. The Labute approximate surface area is 150 Å². The van der Waals surface area contributed by atoms with Crippen LogP contribution in [0.1, 0.15) is 46.0 Å². The first-order valence-corrected chi connectivity index (χ1v) is 9.77. The normalized spacial score (nSPS) is 38.0. The predicted molar refractivity (Wildman–Crippen MR) is 97.2 cm³/mol. The van der Waals surface area contributed by atoms with Crippen molar-refractivity contribution in [2.75, 3.05) is 12.1 Å². The van der Waals surface area contributed by atoms with Crippen LogP contribution in [0.2, 0.25) is 0 Å². The third kappa shape index (κ3) is 2.09. The summed E-state index contributed by atoms with van der Waals surface area (Å²) in [4.78, 5) is 13.1. The van der Waals surface area contributed by atoms with Crippen molar-refractivity contribution in [1.29, 1.82) is 0 Å². The Morgan fingerprint density at radius 2 is 1.52 bits per heavy atom. The van der Waals surface area contributed by atoms with Crippen LogP contribution >= 0.6 is 0 Å². The summed E-state index contributed by atoms with van der Waals surface area (Å²) in [5.41, 5.74) is 0.641. The number of carbonyl (C=O) groups excluding carboxylic acids is 1. The number of ether oxygens (including phenoxy) is 1. The highest BCUT2D eigenvalue weighted by molar-refractivity contribution is 5.98. The molecule has 0 radical (unpaired) electrons. The SMILES string of the molecule is COc1ccc(N2N(C3C4CC5CC(C4)CC3C5)C(=O)C2(C)C)cc1. The number of hydrogen-bond donors (Lipinski definition) is 0. The van der Waals surface area contributed by atoms with Gasteiger partial charge in [-0.1, -0.05) is 0 Å². The second kappa shape index (κ2) is 5.15. The predicted octanol–water partition coefficient (Wildman–Crippen LogP) is 3.86. The number of anilines is 1. The van der Waals surface area contributed by atoms with E-state index in [4.69, 9.17) is 4.74 Å². The zero-order valence-electron chi connectivity index (χ0n) is 15.4. The molecule has 1 heterocycles. The monoisotopic (exact) mass is 340 g/mol. The maximum absolute atomic E-state index is 13.1. The van der Waals surface area contributed by atoms with Gasteiger partial charge >= 0.3 is 0 Å². The van der Waals surface area contributed by atoms with Crippen molar-refractivity contribution in [3.05, 3.63) is 24.3 Å². The van der Waals surface area contributed by atoms with Crippen molar-refractivity contribution in [2.45, 2.75) is 57.5 Å². The van der Waals surface area contributed by atoms with E-state index in [0.29, 0.717) is 23.8 Å². The molecule has 5 fully saturated rings. The number of methoxy groups -OCH3 is 1. The molecule has 1 aliphatic heterocycles. The Balaban J connectivity index is 1.48. The molecule has 1 aromatic rings. The molecule has 5 aliphatic rings. The molecular formula is C21H28N2O2. The van der Waals surface area contributed by atoms with Gasteiger partial charge in [-0.3, -0.25) is 9.80 Å². The Bertz CT molecular complexity index is 668. The number of amides is 1. The third-order valence-electron chi connectivity index (χ3n) is 7.25. The lowest BCUT2D eigenvalue weighted by atomic mass is 9.53. The van der Waals surface area contributed by atoms with E-state index in [1.54, 1.807) is 7.11 Å². The smallest absolute Gasteiger partial charge is 0.268 e. The molecule has 6 rings (SSSR count). The maximum atomic E-state index is 13.1. The van der Waals surface area contributed by atoms with Gasteiger partial charge < -0.3 is 4.74 Å². The van der Waals surface area contributed by atoms with Gasteiger partial charge in [0, 0.05) is 0 Å². The second-order valence-electron chi connectivity index (χ2n) is 9.14. The highest BCUT2D eigenvalue weighted by Gasteiger charge is 2.61. The fourth-order valence-corrected chi connectivity index (χ4v) is 6.42. The van der Waals surface area contributed by atoms with Crippen LogP contribution in [0, 0.1) is 23.7 Å². The molecule has 4 aliphatic carbocycles. The van der Waals surface area contributed by atoms with E-state index in [1.807, 2.05) is 26.0 Å². The summed E-state index contributed by atoms with van der Waals surface area (Å²) in [6, 6.07) is 8.55. The largest absolute Gasteiger partial charge is 0.497 e. The minimum Gasteiger partial charge on any atom is -0.497 e. The zero-order valence-corrected chi connectivity index (χ0v) is 15.4. The van der Waals surface area contributed by atoms with E-state index in [2.05, 4.69) is 22.2 Å². The van der Waals surface area contributed by atoms with Crippen molar-refractivity contribution < 1.29 is 9.53 Å². The summed E-state index contributed by atoms with van der Waals surface area (Å²) in [5, 5.41) is 4.39. The summed E-state index contributed by atoms with van der Waals surface area (Å²) in [5.74, 6) is 4.42. The second-order valence-corrected chi connectivity index (χ2v) is 9.14. The van der Waals surface area contributed by atoms with Gasteiger partial charge in [0.25, 0.3) is 5.91 Å². The number of rotatable bonds is 3. The molecule has 25 heavy (non-hydrogen) atoms. The van der Waals surface area contributed by atoms with Crippen LogP contribution in [0.15, 0.2) is 24.3 Å². The standard InChI is InChI=1S/C21H28N2O2/c1-21(2)20(24)22(23(21)17-4-6-18(25-3)7-5-17)19-15-9-13-8-14(11-15)12-16(19)10-13/h4-7,13-16,19H,8-12H2,1-3H3. The van der Waals surface area contributed by atoms with E-state index < -0.39 is 5.54 Å². The quantitative estimate of drug-likeness (QED) is 0.837. The van der Waals surface area contributed by atoms with E-state index >= 15 is 0 Å². The molecule has 0 unspecified atom stereocenters. The lowest BCUT2D eigenvalue weighted by Crippen LogP contribution is -2.80. The fourth-order valence-electron chi connectivity index (χ4n) is 6.42. The highest BCUT2D eigenvalue weighted by Crippen LogP contribution is 2.57. The van der Waals surface area contributed by atoms with Crippen molar-refractivity contribution >= 4 is 11.6 Å². The third-order valence-corrected chi connectivity index (χ3v) is 7.25. The maximum Gasteiger partial charge on any atom is 0.268 e. The van der Waals surface area contributed by atoms with Crippen molar-refractivity contribution in [3.8, 4) is 5.75 Å². The van der Waals surface area contributed by atoms with E-state index in [0.717, 1.165) is 23.3 Å². The Hall–Kier alpha value is -1.71. The molecule has 4 nitrogen and oxygen atoms in total. The average molecular weight is 340 g/mol. The van der Waals surface area contributed by atoms with Crippen LogP contribution in [0.5, 0.6) is 5.75 Å². The van der Waals surface area contributed by atoms with Crippen LogP contribution < -0.4 is 9.75 Å². The van der Waals surface area contributed by atoms with Gasteiger partial charge in [0.15, 0.2) is 0 Å². The Morgan fingerprint density at radius 1 is 0.960 bits per heavy atom. The van der Waals surface area contributed by atoms with Gasteiger partial charge in [-0.15, -0.1) is 0 Å². The van der Waals surface area contributed by atoms with Gasteiger partial charge in [-0.05, 0) is 93.9 Å². The number of nitrogens with zero attached hydrogens (tertiary/aromatic N) is 2. The van der Waals surface area contributed by atoms with E-state index in [1.165, 1.54) is 32.1 Å². The van der Waals surface area contributed by atoms with Gasteiger partial charge in [0.05, 0.1) is 18.8 Å². The molecule has 1 aromatic carbocycles. The molecule has 0 atom stereocenters. The number of benzene rings is 1. The highest BCUT2D eigenvalue weighted by atomic mass is 16.5. The first-order valence-electron chi connectivity index (χ1n) is 9.77. The molecule has 1 amide bonds. The van der Waals surface area contributed by atoms with Gasteiger partial charge in [0.1, 0.15) is 11.3 Å². The molecule has 4 heteroatoms.